The highest BCUT2D eigenvalue weighted by Crippen LogP contribution is 2.17. The van der Waals surface area contributed by atoms with Gasteiger partial charge < -0.3 is 0 Å². The molecular formula is C18H12FN3OS. The summed E-state index contributed by atoms with van der Waals surface area (Å²) in [5.74, 6) is 0.145. The van der Waals surface area contributed by atoms with Crippen LogP contribution in [0, 0.1) is 12.7 Å². The zero-order chi connectivity index (χ0) is 16.7. The molecule has 0 atom stereocenters. The summed E-state index contributed by atoms with van der Waals surface area (Å²) in [6.45, 7) is 2.00. The highest BCUT2D eigenvalue weighted by atomic mass is 32.1. The minimum Gasteiger partial charge on any atom is -0.266 e. The van der Waals surface area contributed by atoms with Gasteiger partial charge in [-0.25, -0.2) is 4.39 Å². The van der Waals surface area contributed by atoms with Crippen LogP contribution in [0.5, 0.6) is 0 Å². The molecule has 4 aromatic rings. The summed E-state index contributed by atoms with van der Waals surface area (Å²) in [4.78, 5) is 17.4. The van der Waals surface area contributed by atoms with Gasteiger partial charge in [-0.15, -0.1) is 5.10 Å². The maximum atomic E-state index is 13.7. The highest BCUT2D eigenvalue weighted by molar-refractivity contribution is 7.15. The van der Waals surface area contributed by atoms with E-state index in [1.165, 1.54) is 28.0 Å². The molecule has 118 valence electrons. The van der Waals surface area contributed by atoms with Crippen LogP contribution in [-0.4, -0.2) is 14.6 Å². The van der Waals surface area contributed by atoms with E-state index >= 15 is 0 Å². The highest BCUT2D eigenvalue weighted by Gasteiger charge is 2.12. The van der Waals surface area contributed by atoms with Gasteiger partial charge in [0.15, 0.2) is 5.82 Å². The molecule has 0 unspecified atom stereocenters. The molecule has 0 radical (unpaired) electrons. The normalized spacial score (nSPS) is 12.2. The van der Waals surface area contributed by atoms with E-state index in [2.05, 4.69) is 10.1 Å². The summed E-state index contributed by atoms with van der Waals surface area (Å²) in [5, 5.41) is 4.29. The second-order valence-corrected chi connectivity index (χ2v) is 6.44. The van der Waals surface area contributed by atoms with Gasteiger partial charge in [0.05, 0.1) is 4.53 Å². The van der Waals surface area contributed by atoms with Crippen LogP contribution in [0.3, 0.4) is 0 Å². The number of hydrogen-bond acceptors (Lipinski definition) is 4. The van der Waals surface area contributed by atoms with E-state index in [-0.39, 0.29) is 11.4 Å². The van der Waals surface area contributed by atoms with Crippen molar-refractivity contribution in [3.63, 3.8) is 0 Å². The molecule has 0 N–H and O–H groups in total. The first-order valence-electron chi connectivity index (χ1n) is 7.35. The predicted octanol–water partition coefficient (Wildman–Crippen LogP) is 2.81. The van der Waals surface area contributed by atoms with Crippen molar-refractivity contribution in [2.75, 3.05) is 0 Å². The van der Waals surface area contributed by atoms with E-state index < -0.39 is 0 Å². The lowest BCUT2D eigenvalue weighted by atomic mass is 10.1. The van der Waals surface area contributed by atoms with Gasteiger partial charge in [0.2, 0.25) is 4.96 Å². The van der Waals surface area contributed by atoms with Gasteiger partial charge >= 0.3 is 0 Å². The van der Waals surface area contributed by atoms with Crippen LogP contribution in [0.2, 0.25) is 0 Å². The molecule has 0 fully saturated rings. The van der Waals surface area contributed by atoms with Crippen LogP contribution < -0.4 is 10.1 Å². The van der Waals surface area contributed by atoms with Crippen molar-refractivity contribution < 1.29 is 4.39 Å². The minimum absolute atomic E-state index is 0.288. The molecule has 0 spiro atoms. The van der Waals surface area contributed by atoms with Crippen LogP contribution in [0.1, 0.15) is 11.1 Å². The largest absolute Gasteiger partial charge is 0.291 e. The monoisotopic (exact) mass is 337 g/mol. The Bertz CT molecular complexity index is 1150. The summed E-state index contributed by atoms with van der Waals surface area (Å²) in [5.41, 5.74) is 2.09. The maximum Gasteiger partial charge on any atom is 0.291 e. The molecule has 0 aliphatic carbocycles. The Morgan fingerprint density at radius 3 is 2.58 bits per heavy atom. The van der Waals surface area contributed by atoms with Gasteiger partial charge in [-0.2, -0.15) is 9.50 Å². The first kappa shape index (κ1) is 14.7. The van der Waals surface area contributed by atoms with Gasteiger partial charge in [-0.3, -0.25) is 4.79 Å². The zero-order valence-electron chi connectivity index (χ0n) is 12.7. The molecule has 0 saturated heterocycles. The average molecular weight is 337 g/mol. The maximum absolute atomic E-state index is 13.7. The number of fused-ring (bicyclic) bond motifs is 1. The molecule has 4 nitrogen and oxygen atoms in total. The Balaban J connectivity index is 1.83. The van der Waals surface area contributed by atoms with Gasteiger partial charge in [-0.1, -0.05) is 59.4 Å². The molecule has 4 rings (SSSR count). The number of aryl methyl sites for hydroxylation is 1. The molecule has 0 bridgehead atoms. The summed E-state index contributed by atoms with van der Waals surface area (Å²) in [6, 6.07) is 14.1. The fraction of sp³-hybridized carbons (Fsp3) is 0.0556. The first-order chi connectivity index (χ1) is 11.6. The number of aromatic nitrogens is 3. The molecule has 2 aromatic heterocycles. The Morgan fingerprint density at radius 2 is 1.88 bits per heavy atom. The van der Waals surface area contributed by atoms with Crippen LogP contribution >= 0.6 is 11.3 Å². The molecule has 0 amide bonds. The molecule has 0 aliphatic heterocycles. The van der Waals surface area contributed by atoms with Crippen molar-refractivity contribution in [2.24, 2.45) is 0 Å². The van der Waals surface area contributed by atoms with Crippen molar-refractivity contribution >= 4 is 22.4 Å². The van der Waals surface area contributed by atoms with E-state index in [9.17, 15) is 9.18 Å². The number of thiazole rings is 1. The second kappa shape index (κ2) is 5.65. The lowest BCUT2D eigenvalue weighted by molar-refractivity contribution is 0.625. The Hall–Kier alpha value is -2.86. The lowest BCUT2D eigenvalue weighted by Crippen LogP contribution is -2.23. The fourth-order valence-corrected chi connectivity index (χ4v) is 3.29. The van der Waals surface area contributed by atoms with Crippen molar-refractivity contribution in [3.05, 3.63) is 80.4 Å². The molecule has 2 heterocycles. The number of hydrogen-bond donors (Lipinski definition) is 0. The third kappa shape index (κ3) is 2.51. The summed E-state index contributed by atoms with van der Waals surface area (Å²) >= 11 is 1.20. The van der Waals surface area contributed by atoms with E-state index in [4.69, 9.17) is 0 Å². The lowest BCUT2D eigenvalue weighted by Gasteiger charge is -1.95. The van der Waals surface area contributed by atoms with Crippen LogP contribution in [0.25, 0.3) is 22.4 Å². The van der Waals surface area contributed by atoms with Gasteiger partial charge in [0.1, 0.15) is 5.82 Å². The second-order valence-electron chi connectivity index (χ2n) is 5.43. The standard InChI is InChI=1S/C18H12FN3OS/c1-11-6-8-12(9-7-11)16-20-18-22(21-16)17(23)15(24-18)10-13-4-2-3-5-14(13)19/h2-10H,1H3. The number of rotatable bonds is 2. The topological polar surface area (TPSA) is 47.3 Å². The molecule has 24 heavy (non-hydrogen) atoms. The quantitative estimate of drug-likeness (QED) is 0.565. The SMILES string of the molecule is Cc1ccc(-c2nc3sc(=Cc4ccccc4F)c(=O)n3n2)cc1. The molecule has 0 aliphatic rings. The van der Waals surface area contributed by atoms with Crippen LogP contribution in [0.4, 0.5) is 4.39 Å². The van der Waals surface area contributed by atoms with Crippen LogP contribution in [-0.2, 0) is 0 Å². The molecule has 0 saturated carbocycles. The van der Waals surface area contributed by atoms with Gasteiger partial charge in [-0.05, 0) is 19.1 Å². The third-order valence-electron chi connectivity index (χ3n) is 3.68. The minimum atomic E-state index is -0.365. The van der Waals surface area contributed by atoms with E-state index in [1.807, 2.05) is 31.2 Å². The Labute approximate surface area is 140 Å². The number of benzene rings is 2. The van der Waals surface area contributed by atoms with Crippen LogP contribution in [0.15, 0.2) is 53.3 Å². The van der Waals surface area contributed by atoms with Crippen molar-refractivity contribution in [1.29, 1.82) is 0 Å². The van der Waals surface area contributed by atoms with E-state index in [0.717, 1.165) is 11.1 Å². The number of nitrogens with zero attached hydrogens (tertiary/aromatic N) is 3. The number of halogens is 1. The smallest absolute Gasteiger partial charge is 0.266 e. The first-order valence-corrected chi connectivity index (χ1v) is 8.16. The Kier molecular flexibility index (Phi) is 3.46. The van der Waals surface area contributed by atoms with Gasteiger partial charge in [0, 0.05) is 11.1 Å². The van der Waals surface area contributed by atoms with Crippen molar-refractivity contribution in [3.8, 4) is 11.4 Å². The van der Waals surface area contributed by atoms with Gasteiger partial charge in [0.25, 0.3) is 5.56 Å². The average Bonchev–Trinajstić information content (AvgIpc) is 3.11. The molecule has 2 aromatic carbocycles. The predicted molar refractivity (Wildman–Crippen MR) is 92.5 cm³/mol. The third-order valence-corrected chi connectivity index (χ3v) is 4.64. The van der Waals surface area contributed by atoms with Crippen molar-refractivity contribution in [1.82, 2.24) is 14.6 Å². The summed E-state index contributed by atoms with van der Waals surface area (Å²) in [7, 11) is 0. The van der Waals surface area contributed by atoms with Crippen molar-refractivity contribution in [2.45, 2.75) is 6.92 Å². The Morgan fingerprint density at radius 1 is 1.12 bits per heavy atom. The molecule has 6 heteroatoms. The zero-order valence-corrected chi connectivity index (χ0v) is 13.5. The summed E-state index contributed by atoms with van der Waals surface area (Å²) < 4.78 is 15.4. The molecular weight excluding hydrogens is 325 g/mol. The summed E-state index contributed by atoms with van der Waals surface area (Å²) in [6.07, 6.45) is 1.53. The van der Waals surface area contributed by atoms with E-state index in [0.29, 0.717) is 20.9 Å². The van der Waals surface area contributed by atoms with E-state index in [1.54, 1.807) is 18.2 Å². The fourth-order valence-electron chi connectivity index (χ4n) is 2.39.